The number of para-hydroxylation sites is 1. The molecule has 0 aliphatic heterocycles. The van der Waals surface area contributed by atoms with Crippen LogP contribution in [0, 0.1) is 0 Å². The Bertz CT molecular complexity index is 1000. The molecular weight excluding hydrogens is 296 g/mol. The maximum atomic E-state index is 4.56. The van der Waals surface area contributed by atoms with Gasteiger partial charge >= 0.3 is 0 Å². The molecule has 0 aliphatic carbocycles. The van der Waals surface area contributed by atoms with Crippen LogP contribution in [0.4, 0.5) is 5.69 Å². The Labute approximate surface area is 141 Å². The quantitative estimate of drug-likeness (QED) is 0.565. The fraction of sp³-hybridized carbons (Fsp3) is 0.250. The Morgan fingerprint density at radius 3 is 2.79 bits per heavy atom. The van der Waals surface area contributed by atoms with E-state index in [9.17, 15) is 0 Å². The van der Waals surface area contributed by atoms with Crippen LogP contribution in [0.15, 0.2) is 55.0 Å². The van der Waals surface area contributed by atoms with Gasteiger partial charge in [-0.15, -0.1) is 0 Å². The molecule has 0 bridgehead atoms. The second kappa shape index (κ2) is 5.41. The zero-order chi connectivity index (χ0) is 16.7. The van der Waals surface area contributed by atoms with Crippen molar-refractivity contribution in [1.29, 1.82) is 0 Å². The lowest BCUT2D eigenvalue weighted by Crippen LogP contribution is -2.20. The molecule has 0 saturated heterocycles. The van der Waals surface area contributed by atoms with Crippen molar-refractivity contribution in [2.24, 2.45) is 0 Å². The van der Waals surface area contributed by atoms with E-state index in [1.807, 2.05) is 6.33 Å². The summed E-state index contributed by atoms with van der Waals surface area (Å²) in [5.41, 5.74) is 5.76. The van der Waals surface area contributed by atoms with Gasteiger partial charge < -0.3 is 14.9 Å². The second-order valence-electron chi connectivity index (χ2n) is 7.20. The molecule has 4 rings (SSSR count). The summed E-state index contributed by atoms with van der Waals surface area (Å²) in [4.78, 5) is 7.88. The minimum atomic E-state index is 0.0355. The number of benzene rings is 2. The predicted octanol–water partition coefficient (Wildman–Crippen LogP) is 4.88. The van der Waals surface area contributed by atoms with E-state index >= 15 is 0 Å². The number of hydrogen-bond acceptors (Lipinski definition) is 2. The number of anilines is 1. The molecule has 4 nitrogen and oxygen atoms in total. The summed E-state index contributed by atoms with van der Waals surface area (Å²) in [7, 11) is 0. The standard InChI is InChI=1S/C20H22N4/c1-20(2,3)24-13-23-18-10-15(8-9-19(18)24)21-11-14-12-22-17-7-5-4-6-16(14)17/h4-10,12-13,21-22H,11H2,1-3H3. The maximum Gasteiger partial charge on any atom is 0.0963 e. The number of nitrogens with one attached hydrogen (secondary N) is 2. The molecular formula is C20H22N4. The normalized spacial score (nSPS) is 12.1. The van der Waals surface area contributed by atoms with Gasteiger partial charge in [0, 0.05) is 34.9 Å². The molecule has 0 unspecified atom stereocenters. The summed E-state index contributed by atoms with van der Waals surface area (Å²) in [6.07, 6.45) is 4.00. The number of hydrogen-bond donors (Lipinski definition) is 2. The van der Waals surface area contributed by atoms with Crippen LogP contribution >= 0.6 is 0 Å². The third-order valence-electron chi connectivity index (χ3n) is 4.43. The van der Waals surface area contributed by atoms with Gasteiger partial charge in [-0.1, -0.05) is 18.2 Å². The van der Waals surface area contributed by atoms with Crippen molar-refractivity contribution >= 4 is 27.6 Å². The Balaban J connectivity index is 1.59. The zero-order valence-corrected chi connectivity index (χ0v) is 14.3. The molecule has 0 spiro atoms. The largest absolute Gasteiger partial charge is 0.381 e. The topological polar surface area (TPSA) is 45.6 Å². The van der Waals surface area contributed by atoms with E-state index in [0.717, 1.165) is 17.7 Å². The molecule has 0 atom stereocenters. The molecule has 0 fully saturated rings. The highest BCUT2D eigenvalue weighted by molar-refractivity contribution is 5.83. The van der Waals surface area contributed by atoms with Crippen LogP contribution in [0.1, 0.15) is 26.3 Å². The fourth-order valence-electron chi connectivity index (χ4n) is 3.13. The first-order valence-corrected chi connectivity index (χ1v) is 8.29. The number of fused-ring (bicyclic) bond motifs is 2. The van der Waals surface area contributed by atoms with Gasteiger partial charge in [-0.2, -0.15) is 0 Å². The highest BCUT2D eigenvalue weighted by Gasteiger charge is 2.16. The van der Waals surface area contributed by atoms with E-state index in [2.05, 4.69) is 89.3 Å². The second-order valence-corrected chi connectivity index (χ2v) is 7.20. The summed E-state index contributed by atoms with van der Waals surface area (Å²) >= 11 is 0. The van der Waals surface area contributed by atoms with Gasteiger partial charge in [0.1, 0.15) is 0 Å². The van der Waals surface area contributed by atoms with Gasteiger partial charge in [0.25, 0.3) is 0 Å². The minimum absolute atomic E-state index is 0.0355. The molecule has 122 valence electrons. The molecule has 2 aromatic heterocycles. The molecule has 0 amide bonds. The first kappa shape index (κ1) is 14.8. The fourth-order valence-corrected chi connectivity index (χ4v) is 3.13. The Morgan fingerprint density at radius 2 is 1.96 bits per heavy atom. The van der Waals surface area contributed by atoms with Crippen LogP contribution in [0.5, 0.6) is 0 Å². The molecule has 4 aromatic rings. The monoisotopic (exact) mass is 318 g/mol. The number of aromatic amines is 1. The zero-order valence-electron chi connectivity index (χ0n) is 14.3. The highest BCUT2D eigenvalue weighted by Crippen LogP contribution is 2.25. The van der Waals surface area contributed by atoms with Crippen molar-refractivity contribution in [1.82, 2.24) is 14.5 Å². The SMILES string of the molecule is CC(C)(C)n1cnc2cc(NCc3c[nH]c4ccccc34)ccc21. The summed E-state index contributed by atoms with van der Waals surface area (Å²) in [5, 5.41) is 4.78. The molecule has 0 aliphatic rings. The Morgan fingerprint density at radius 1 is 1.12 bits per heavy atom. The Kier molecular flexibility index (Phi) is 3.34. The van der Waals surface area contributed by atoms with Gasteiger partial charge in [-0.05, 0) is 50.6 Å². The Hall–Kier alpha value is -2.75. The average molecular weight is 318 g/mol. The van der Waals surface area contributed by atoms with E-state index in [4.69, 9.17) is 0 Å². The smallest absolute Gasteiger partial charge is 0.0963 e. The predicted molar refractivity (Wildman–Crippen MR) is 100 cm³/mol. The first-order valence-electron chi connectivity index (χ1n) is 8.29. The number of rotatable bonds is 3. The van der Waals surface area contributed by atoms with Gasteiger partial charge in [0.2, 0.25) is 0 Å². The molecule has 2 heterocycles. The van der Waals surface area contributed by atoms with Crippen LogP contribution in [0.25, 0.3) is 21.9 Å². The van der Waals surface area contributed by atoms with Gasteiger partial charge in [0.05, 0.1) is 17.4 Å². The number of nitrogens with zero attached hydrogens (tertiary/aromatic N) is 2. The summed E-state index contributed by atoms with van der Waals surface area (Å²) in [6, 6.07) is 14.8. The van der Waals surface area contributed by atoms with E-state index in [1.165, 1.54) is 22.0 Å². The molecule has 4 heteroatoms. The summed E-state index contributed by atoms with van der Waals surface area (Å²) < 4.78 is 2.21. The van der Waals surface area contributed by atoms with Gasteiger partial charge in [-0.25, -0.2) is 4.98 Å². The van der Waals surface area contributed by atoms with Crippen LogP contribution in [0.3, 0.4) is 0 Å². The van der Waals surface area contributed by atoms with Gasteiger partial charge in [0.15, 0.2) is 0 Å². The third-order valence-corrected chi connectivity index (χ3v) is 4.43. The molecule has 24 heavy (non-hydrogen) atoms. The maximum absolute atomic E-state index is 4.56. The van der Waals surface area contributed by atoms with Crippen LogP contribution < -0.4 is 5.32 Å². The molecule has 0 radical (unpaired) electrons. The third kappa shape index (κ3) is 2.54. The number of aromatic nitrogens is 3. The minimum Gasteiger partial charge on any atom is -0.381 e. The van der Waals surface area contributed by atoms with Gasteiger partial charge in [-0.3, -0.25) is 0 Å². The van der Waals surface area contributed by atoms with E-state index < -0.39 is 0 Å². The first-order chi connectivity index (χ1) is 11.5. The van der Waals surface area contributed by atoms with Crippen molar-refractivity contribution in [2.75, 3.05) is 5.32 Å². The summed E-state index contributed by atoms with van der Waals surface area (Å²) in [5.74, 6) is 0. The van der Waals surface area contributed by atoms with Crippen molar-refractivity contribution in [3.05, 3.63) is 60.6 Å². The van der Waals surface area contributed by atoms with Crippen LogP contribution in [-0.2, 0) is 12.1 Å². The summed E-state index contributed by atoms with van der Waals surface area (Å²) in [6.45, 7) is 7.36. The van der Waals surface area contributed by atoms with E-state index in [-0.39, 0.29) is 5.54 Å². The average Bonchev–Trinajstić information content (AvgIpc) is 3.16. The van der Waals surface area contributed by atoms with Crippen LogP contribution in [0.2, 0.25) is 0 Å². The van der Waals surface area contributed by atoms with Crippen molar-refractivity contribution in [3.63, 3.8) is 0 Å². The molecule has 2 N–H and O–H groups in total. The highest BCUT2D eigenvalue weighted by atomic mass is 15.1. The molecule has 2 aromatic carbocycles. The van der Waals surface area contributed by atoms with E-state index in [0.29, 0.717) is 0 Å². The van der Waals surface area contributed by atoms with Crippen molar-refractivity contribution in [2.45, 2.75) is 32.9 Å². The van der Waals surface area contributed by atoms with Crippen molar-refractivity contribution in [3.8, 4) is 0 Å². The lowest BCUT2D eigenvalue weighted by atomic mass is 10.1. The number of imidazole rings is 1. The number of H-pyrrole nitrogens is 1. The lowest BCUT2D eigenvalue weighted by Gasteiger charge is -2.21. The lowest BCUT2D eigenvalue weighted by molar-refractivity contribution is 0.408. The van der Waals surface area contributed by atoms with Crippen LogP contribution in [-0.4, -0.2) is 14.5 Å². The van der Waals surface area contributed by atoms with E-state index in [1.54, 1.807) is 0 Å². The van der Waals surface area contributed by atoms with Crippen molar-refractivity contribution < 1.29 is 0 Å². The molecule has 0 saturated carbocycles.